The molecule has 1 heterocycles. The van der Waals surface area contributed by atoms with Crippen molar-refractivity contribution in [3.8, 4) is 5.75 Å². The quantitative estimate of drug-likeness (QED) is 0.876. The van der Waals surface area contributed by atoms with Gasteiger partial charge in [-0.3, -0.25) is 0 Å². The summed E-state index contributed by atoms with van der Waals surface area (Å²) in [6.45, 7) is 3.84. The Morgan fingerprint density at radius 1 is 1.20 bits per heavy atom. The van der Waals surface area contributed by atoms with Crippen LogP contribution in [-0.4, -0.2) is 25.7 Å². The molecule has 0 aliphatic carbocycles. The summed E-state index contributed by atoms with van der Waals surface area (Å²) >= 11 is 0. The average Bonchev–Trinajstić information content (AvgIpc) is 2.52. The van der Waals surface area contributed by atoms with E-state index >= 15 is 0 Å². The SMILES string of the molecule is CCNCc1cccnc1N(C)c1ccccc1OC. The molecule has 0 saturated heterocycles. The number of methoxy groups -OCH3 is 1. The molecule has 2 rings (SSSR count). The number of hydrogen-bond donors (Lipinski definition) is 1. The normalized spacial score (nSPS) is 10.3. The van der Waals surface area contributed by atoms with Crippen molar-refractivity contribution in [1.29, 1.82) is 0 Å². The summed E-state index contributed by atoms with van der Waals surface area (Å²) in [7, 11) is 3.69. The molecule has 1 aromatic heterocycles. The van der Waals surface area contributed by atoms with Gasteiger partial charge in [-0.05, 0) is 24.7 Å². The lowest BCUT2D eigenvalue weighted by Gasteiger charge is -2.23. The Morgan fingerprint density at radius 3 is 2.75 bits per heavy atom. The summed E-state index contributed by atoms with van der Waals surface area (Å²) in [5.41, 5.74) is 2.18. The average molecular weight is 271 g/mol. The summed E-state index contributed by atoms with van der Waals surface area (Å²) in [6, 6.07) is 12.0. The molecule has 1 N–H and O–H groups in total. The first-order valence-corrected chi connectivity index (χ1v) is 6.79. The van der Waals surface area contributed by atoms with Crippen molar-refractivity contribution in [3.05, 3.63) is 48.2 Å². The van der Waals surface area contributed by atoms with E-state index in [-0.39, 0.29) is 0 Å². The van der Waals surface area contributed by atoms with Gasteiger partial charge >= 0.3 is 0 Å². The summed E-state index contributed by atoms with van der Waals surface area (Å²) in [5.74, 6) is 1.79. The van der Waals surface area contributed by atoms with Crippen LogP contribution in [0.3, 0.4) is 0 Å². The van der Waals surface area contributed by atoms with Crippen LogP contribution in [0.25, 0.3) is 0 Å². The molecule has 20 heavy (non-hydrogen) atoms. The van der Waals surface area contributed by atoms with Gasteiger partial charge in [0.25, 0.3) is 0 Å². The largest absolute Gasteiger partial charge is 0.495 e. The van der Waals surface area contributed by atoms with Crippen molar-refractivity contribution in [3.63, 3.8) is 0 Å². The Hall–Kier alpha value is -2.07. The number of anilines is 2. The smallest absolute Gasteiger partial charge is 0.142 e. The first-order chi connectivity index (χ1) is 9.77. The Bertz CT molecular complexity index is 557. The molecule has 106 valence electrons. The zero-order valence-electron chi connectivity index (χ0n) is 12.3. The fourth-order valence-corrected chi connectivity index (χ4v) is 2.15. The van der Waals surface area contributed by atoms with Gasteiger partial charge in [0, 0.05) is 25.4 Å². The number of para-hydroxylation sites is 2. The van der Waals surface area contributed by atoms with E-state index in [9.17, 15) is 0 Å². The van der Waals surface area contributed by atoms with Crippen molar-refractivity contribution in [2.75, 3.05) is 25.6 Å². The summed E-state index contributed by atoms with van der Waals surface area (Å²) in [4.78, 5) is 6.57. The Morgan fingerprint density at radius 2 is 2.00 bits per heavy atom. The van der Waals surface area contributed by atoms with Crippen molar-refractivity contribution >= 4 is 11.5 Å². The molecule has 0 aliphatic rings. The minimum absolute atomic E-state index is 0.805. The summed E-state index contributed by atoms with van der Waals surface area (Å²) in [5, 5.41) is 3.34. The van der Waals surface area contributed by atoms with E-state index in [4.69, 9.17) is 4.74 Å². The molecule has 0 aliphatic heterocycles. The maximum atomic E-state index is 5.42. The van der Waals surface area contributed by atoms with Gasteiger partial charge < -0.3 is 15.0 Å². The number of aromatic nitrogens is 1. The highest BCUT2D eigenvalue weighted by Gasteiger charge is 2.13. The van der Waals surface area contributed by atoms with Crippen LogP contribution in [0.2, 0.25) is 0 Å². The fraction of sp³-hybridized carbons (Fsp3) is 0.312. The second-order valence-corrected chi connectivity index (χ2v) is 4.50. The molecule has 0 saturated carbocycles. The van der Waals surface area contributed by atoms with Crippen LogP contribution in [0.1, 0.15) is 12.5 Å². The summed E-state index contributed by atoms with van der Waals surface area (Å²) < 4.78 is 5.42. The lowest BCUT2D eigenvalue weighted by atomic mass is 10.2. The maximum absolute atomic E-state index is 5.42. The van der Waals surface area contributed by atoms with E-state index in [1.807, 2.05) is 43.6 Å². The Balaban J connectivity index is 2.35. The lowest BCUT2D eigenvalue weighted by Crippen LogP contribution is -2.18. The molecular formula is C16H21N3O. The third kappa shape index (κ3) is 3.08. The number of pyridine rings is 1. The molecule has 4 nitrogen and oxygen atoms in total. The van der Waals surface area contributed by atoms with Gasteiger partial charge in [-0.1, -0.05) is 25.1 Å². The van der Waals surface area contributed by atoms with E-state index in [0.717, 1.165) is 30.3 Å². The van der Waals surface area contributed by atoms with Crippen LogP contribution in [0.4, 0.5) is 11.5 Å². The molecule has 4 heteroatoms. The van der Waals surface area contributed by atoms with E-state index in [2.05, 4.69) is 28.2 Å². The fourth-order valence-electron chi connectivity index (χ4n) is 2.15. The van der Waals surface area contributed by atoms with Crippen molar-refractivity contribution in [2.45, 2.75) is 13.5 Å². The number of hydrogen-bond acceptors (Lipinski definition) is 4. The molecule has 0 unspecified atom stereocenters. The first-order valence-electron chi connectivity index (χ1n) is 6.79. The monoisotopic (exact) mass is 271 g/mol. The van der Waals surface area contributed by atoms with Gasteiger partial charge in [0.2, 0.25) is 0 Å². The van der Waals surface area contributed by atoms with Crippen LogP contribution in [0.5, 0.6) is 5.75 Å². The highest BCUT2D eigenvalue weighted by atomic mass is 16.5. The van der Waals surface area contributed by atoms with Crippen molar-refractivity contribution in [2.24, 2.45) is 0 Å². The highest BCUT2D eigenvalue weighted by Crippen LogP contribution is 2.32. The van der Waals surface area contributed by atoms with Crippen LogP contribution >= 0.6 is 0 Å². The van der Waals surface area contributed by atoms with Crippen LogP contribution in [-0.2, 0) is 6.54 Å². The second-order valence-electron chi connectivity index (χ2n) is 4.50. The molecule has 0 radical (unpaired) electrons. The zero-order valence-corrected chi connectivity index (χ0v) is 12.3. The topological polar surface area (TPSA) is 37.4 Å². The predicted molar refractivity (Wildman–Crippen MR) is 82.7 cm³/mol. The van der Waals surface area contributed by atoms with Crippen molar-refractivity contribution < 1.29 is 4.74 Å². The molecule has 0 amide bonds. The zero-order chi connectivity index (χ0) is 14.4. The number of benzene rings is 1. The third-order valence-electron chi connectivity index (χ3n) is 3.20. The lowest BCUT2D eigenvalue weighted by molar-refractivity contribution is 0.415. The number of rotatable bonds is 6. The number of nitrogens with zero attached hydrogens (tertiary/aromatic N) is 2. The standard InChI is InChI=1S/C16H21N3O/c1-4-17-12-13-8-7-11-18-16(13)19(2)14-9-5-6-10-15(14)20-3/h5-11,17H,4,12H2,1-3H3. The number of ether oxygens (including phenoxy) is 1. The third-order valence-corrected chi connectivity index (χ3v) is 3.20. The van der Waals surface area contributed by atoms with E-state index in [1.165, 1.54) is 5.56 Å². The highest BCUT2D eigenvalue weighted by molar-refractivity contribution is 5.68. The van der Waals surface area contributed by atoms with Gasteiger partial charge in [0.05, 0.1) is 12.8 Å². The first kappa shape index (κ1) is 14.3. The molecule has 0 fully saturated rings. The Labute approximate surface area is 120 Å². The second kappa shape index (κ2) is 6.91. The molecule has 1 aromatic carbocycles. The van der Waals surface area contributed by atoms with Gasteiger partial charge in [-0.2, -0.15) is 0 Å². The van der Waals surface area contributed by atoms with E-state index in [1.54, 1.807) is 7.11 Å². The van der Waals surface area contributed by atoms with Crippen LogP contribution in [0, 0.1) is 0 Å². The summed E-state index contributed by atoms with van der Waals surface area (Å²) in [6.07, 6.45) is 1.82. The minimum Gasteiger partial charge on any atom is -0.495 e. The Kier molecular flexibility index (Phi) is 4.96. The predicted octanol–water partition coefficient (Wildman–Crippen LogP) is 2.97. The van der Waals surface area contributed by atoms with Crippen molar-refractivity contribution in [1.82, 2.24) is 10.3 Å². The number of nitrogens with one attached hydrogen (secondary N) is 1. The molecule has 0 spiro atoms. The van der Waals surface area contributed by atoms with E-state index < -0.39 is 0 Å². The minimum atomic E-state index is 0.805. The molecule has 2 aromatic rings. The molecule has 0 atom stereocenters. The maximum Gasteiger partial charge on any atom is 0.142 e. The molecule has 0 bridgehead atoms. The van der Waals surface area contributed by atoms with Gasteiger partial charge in [-0.25, -0.2) is 4.98 Å². The molecular weight excluding hydrogens is 250 g/mol. The van der Waals surface area contributed by atoms with Crippen LogP contribution < -0.4 is 15.0 Å². The van der Waals surface area contributed by atoms with Crippen LogP contribution in [0.15, 0.2) is 42.6 Å². The van der Waals surface area contributed by atoms with Gasteiger partial charge in [0.15, 0.2) is 0 Å². The van der Waals surface area contributed by atoms with Gasteiger partial charge in [-0.15, -0.1) is 0 Å². The van der Waals surface area contributed by atoms with E-state index in [0.29, 0.717) is 0 Å². The van der Waals surface area contributed by atoms with Gasteiger partial charge in [0.1, 0.15) is 11.6 Å².